The molecule has 0 spiro atoms. The fourth-order valence-corrected chi connectivity index (χ4v) is 2.90. The second kappa shape index (κ2) is 6.86. The molecule has 1 amide bonds. The number of para-hydroxylation sites is 1. The molecule has 1 rings (SSSR count). The van der Waals surface area contributed by atoms with E-state index in [0.717, 1.165) is 6.07 Å². The number of benzene rings is 1. The Morgan fingerprint density at radius 2 is 1.95 bits per heavy atom. The molecule has 1 unspecified atom stereocenters. The lowest BCUT2D eigenvalue weighted by atomic mass is 10.2. The van der Waals surface area contributed by atoms with Crippen LogP contribution in [0.25, 0.3) is 0 Å². The maximum absolute atomic E-state index is 13.3. The monoisotopic (exact) mass is 317 g/mol. The molecule has 0 aliphatic rings. The van der Waals surface area contributed by atoms with Crippen molar-refractivity contribution in [2.45, 2.75) is 31.7 Å². The van der Waals surface area contributed by atoms with Crippen LogP contribution in [0.1, 0.15) is 20.8 Å². The van der Waals surface area contributed by atoms with E-state index < -0.39 is 33.5 Å². The minimum atomic E-state index is -4.07. The highest BCUT2D eigenvalue weighted by Crippen LogP contribution is 2.20. The summed E-state index contributed by atoms with van der Waals surface area (Å²) >= 11 is 0. The van der Waals surface area contributed by atoms with Crippen LogP contribution in [-0.4, -0.2) is 26.9 Å². The third-order valence-electron chi connectivity index (χ3n) is 2.71. The number of carbonyl (C=O) groups is 1. The summed E-state index contributed by atoms with van der Waals surface area (Å²) in [5.74, 6) is -1.03. The predicted molar refractivity (Wildman–Crippen MR) is 78.4 cm³/mol. The molecule has 8 heteroatoms. The molecule has 0 saturated heterocycles. The Hall–Kier alpha value is -1.67. The molecule has 4 N–H and O–H groups in total. The van der Waals surface area contributed by atoms with Crippen molar-refractivity contribution >= 4 is 21.6 Å². The van der Waals surface area contributed by atoms with Gasteiger partial charge < -0.3 is 11.1 Å². The summed E-state index contributed by atoms with van der Waals surface area (Å²) in [4.78, 5) is 11.4. The molecule has 0 aliphatic heterocycles. The number of hydrogen-bond acceptors (Lipinski definition) is 4. The van der Waals surface area contributed by atoms with Gasteiger partial charge in [-0.05, 0) is 25.0 Å². The molecule has 0 heterocycles. The van der Waals surface area contributed by atoms with Gasteiger partial charge in [0.15, 0.2) is 0 Å². The zero-order valence-electron chi connectivity index (χ0n) is 12.2. The van der Waals surface area contributed by atoms with Crippen molar-refractivity contribution in [1.82, 2.24) is 10.0 Å². The highest BCUT2D eigenvalue weighted by Gasteiger charge is 2.24. The summed E-state index contributed by atoms with van der Waals surface area (Å²) in [5.41, 5.74) is 4.95. The van der Waals surface area contributed by atoms with Crippen LogP contribution in [0.5, 0.6) is 0 Å². The fraction of sp³-hybridized carbons (Fsp3) is 0.462. The molecule has 0 saturated carbocycles. The number of halogens is 1. The van der Waals surface area contributed by atoms with Gasteiger partial charge in [0.05, 0.1) is 11.7 Å². The van der Waals surface area contributed by atoms with Gasteiger partial charge >= 0.3 is 0 Å². The number of hydrogen-bond donors (Lipinski definition) is 3. The lowest BCUT2D eigenvalue weighted by molar-refractivity contribution is -0.122. The number of carbonyl (C=O) groups excluding carboxylic acids is 1. The summed E-state index contributed by atoms with van der Waals surface area (Å²) < 4.78 is 39.7. The highest BCUT2D eigenvalue weighted by molar-refractivity contribution is 7.89. The summed E-state index contributed by atoms with van der Waals surface area (Å²) in [6.45, 7) is 5.68. The third-order valence-corrected chi connectivity index (χ3v) is 4.31. The van der Waals surface area contributed by atoms with Crippen LogP contribution in [0.2, 0.25) is 0 Å². The number of sulfonamides is 1. The average molecular weight is 317 g/mol. The van der Waals surface area contributed by atoms with Crippen LogP contribution >= 0.6 is 0 Å². The molecule has 21 heavy (non-hydrogen) atoms. The Kier molecular flexibility index (Phi) is 5.68. The lowest BCUT2D eigenvalue weighted by Crippen LogP contribution is -2.45. The minimum Gasteiger partial charge on any atom is -0.395 e. The minimum absolute atomic E-state index is 0.247. The second-order valence-corrected chi connectivity index (χ2v) is 6.82. The van der Waals surface area contributed by atoms with Gasteiger partial charge in [-0.15, -0.1) is 0 Å². The van der Waals surface area contributed by atoms with Crippen LogP contribution in [0, 0.1) is 11.7 Å². The Bertz CT molecular complexity index is 617. The van der Waals surface area contributed by atoms with Gasteiger partial charge in [0, 0.05) is 6.54 Å². The molecule has 0 aliphatic carbocycles. The number of nitrogen functional groups attached to an aromatic ring is 1. The Labute approximate surface area is 124 Å². The quantitative estimate of drug-likeness (QED) is 0.677. The van der Waals surface area contributed by atoms with E-state index >= 15 is 0 Å². The normalized spacial score (nSPS) is 13.2. The van der Waals surface area contributed by atoms with Crippen molar-refractivity contribution in [1.29, 1.82) is 0 Å². The second-order valence-electron chi connectivity index (χ2n) is 5.13. The number of nitrogens with two attached hydrogens (primary N) is 1. The molecule has 0 fully saturated rings. The first-order valence-electron chi connectivity index (χ1n) is 6.49. The van der Waals surface area contributed by atoms with Gasteiger partial charge in [-0.3, -0.25) is 4.79 Å². The molecular weight excluding hydrogens is 297 g/mol. The number of nitrogens with one attached hydrogen (secondary N) is 2. The summed E-state index contributed by atoms with van der Waals surface area (Å²) in [5, 5.41) is 2.61. The smallest absolute Gasteiger partial charge is 0.243 e. The third kappa shape index (κ3) is 4.68. The zero-order valence-corrected chi connectivity index (χ0v) is 13.0. The van der Waals surface area contributed by atoms with Crippen molar-refractivity contribution in [2.75, 3.05) is 12.3 Å². The van der Waals surface area contributed by atoms with Crippen LogP contribution in [0.4, 0.5) is 10.1 Å². The average Bonchev–Trinajstić information content (AvgIpc) is 2.38. The van der Waals surface area contributed by atoms with Crippen molar-refractivity contribution in [3.05, 3.63) is 24.0 Å². The maximum atomic E-state index is 13.3. The van der Waals surface area contributed by atoms with Crippen molar-refractivity contribution in [3.8, 4) is 0 Å². The van der Waals surface area contributed by atoms with E-state index in [4.69, 9.17) is 5.73 Å². The fourth-order valence-electron chi connectivity index (χ4n) is 1.56. The topological polar surface area (TPSA) is 101 Å². The van der Waals surface area contributed by atoms with Gasteiger partial charge in [-0.25, -0.2) is 12.8 Å². The van der Waals surface area contributed by atoms with Crippen LogP contribution in [0.15, 0.2) is 23.1 Å². The first kappa shape index (κ1) is 17.4. The number of anilines is 1. The van der Waals surface area contributed by atoms with E-state index in [0.29, 0.717) is 6.54 Å². The van der Waals surface area contributed by atoms with E-state index in [1.54, 1.807) is 0 Å². The lowest BCUT2D eigenvalue weighted by Gasteiger charge is -2.16. The van der Waals surface area contributed by atoms with Gasteiger partial charge in [0.1, 0.15) is 10.7 Å². The Morgan fingerprint density at radius 3 is 2.52 bits per heavy atom. The van der Waals surface area contributed by atoms with Gasteiger partial charge in [0.25, 0.3) is 0 Å². The predicted octanol–water partition coefficient (Wildman–Crippen LogP) is 0.847. The van der Waals surface area contributed by atoms with E-state index in [-0.39, 0.29) is 10.8 Å². The first-order chi connectivity index (χ1) is 9.65. The molecule has 1 aromatic rings. The number of amides is 1. The van der Waals surface area contributed by atoms with Gasteiger partial charge in [-0.2, -0.15) is 4.72 Å². The van der Waals surface area contributed by atoms with Crippen molar-refractivity contribution in [3.63, 3.8) is 0 Å². The van der Waals surface area contributed by atoms with Crippen molar-refractivity contribution in [2.24, 2.45) is 5.92 Å². The largest absolute Gasteiger partial charge is 0.395 e. The SMILES string of the molecule is CC(C)CNC(=O)C(C)NS(=O)(=O)c1cccc(F)c1N. The number of rotatable bonds is 6. The summed E-state index contributed by atoms with van der Waals surface area (Å²) in [6, 6.07) is 2.49. The molecule has 0 aromatic heterocycles. The van der Waals surface area contributed by atoms with Crippen LogP contribution in [-0.2, 0) is 14.8 Å². The van der Waals surface area contributed by atoms with E-state index in [1.807, 2.05) is 13.8 Å². The molecule has 118 valence electrons. The first-order valence-corrected chi connectivity index (χ1v) is 7.97. The molecule has 1 aromatic carbocycles. The molecule has 0 bridgehead atoms. The maximum Gasteiger partial charge on any atom is 0.243 e. The van der Waals surface area contributed by atoms with Crippen molar-refractivity contribution < 1.29 is 17.6 Å². The standard InChI is InChI=1S/C13H20FN3O3S/c1-8(2)7-16-13(18)9(3)17-21(19,20)11-6-4-5-10(14)12(11)15/h4-6,8-9,17H,7,15H2,1-3H3,(H,16,18). The van der Waals surface area contributed by atoms with Crippen LogP contribution in [0.3, 0.4) is 0 Å². The van der Waals surface area contributed by atoms with Crippen LogP contribution < -0.4 is 15.8 Å². The van der Waals surface area contributed by atoms with E-state index in [9.17, 15) is 17.6 Å². The Morgan fingerprint density at radius 1 is 1.33 bits per heavy atom. The molecule has 0 radical (unpaired) electrons. The molecule has 6 nitrogen and oxygen atoms in total. The molecular formula is C13H20FN3O3S. The summed E-state index contributed by atoms with van der Waals surface area (Å²) in [6.07, 6.45) is 0. The zero-order chi connectivity index (χ0) is 16.2. The van der Waals surface area contributed by atoms with Gasteiger partial charge in [-0.1, -0.05) is 19.9 Å². The highest BCUT2D eigenvalue weighted by atomic mass is 32.2. The van der Waals surface area contributed by atoms with E-state index in [1.165, 1.54) is 19.1 Å². The Balaban J connectivity index is 2.85. The van der Waals surface area contributed by atoms with E-state index in [2.05, 4.69) is 10.0 Å². The summed E-state index contributed by atoms with van der Waals surface area (Å²) in [7, 11) is -4.07. The molecule has 1 atom stereocenters. The van der Waals surface area contributed by atoms with Gasteiger partial charge in [0.2, 0.25) is 15.9 Å².